The van der Waals surface area contributed by atoms with E-state index < -0.39 is 64.4 Å². The lowest BCUT2D eigenvalue weighted by molar-refractivity contribution is -0.331. The van der Waals surface area contributed by atoms with Crippen LogP contribution < -0.4 is 0 Å². The first-order valence-corrected chi connectivity index (χ1v) is 12.4. The third kappa shape index (κ3) is 4.54. The van der Waals surface area contributed by atoms with Gasteiger partial charge in [0, 0.05) is 24.0 Å². The van der Waals surface area contributed by atoms with Gasteiger partial charge in [0.05, 0.1) is 13.6 Å². The van der Waals surface area contributed by atoms with Gasteiger partial charge in [-0.25, -0.2) is 17.2 Å². The second-order valence-corrected chi connectivity index (χ2v) is 12.4. The fourth-order valence-corrected chi connectivity index (χ4v) is 7.69. The zero-order chi connectivity index (χ0) is 26.7. The normalized spacial score (nSPS) is 24.3. The molecule has 0 N–H and O–H groups in total. The molecule has 2 aromatic carbocycles. The van der Waals surface area contributed by atoms with Gasteiger partial charge in [0.25, 0.3) is 0 Å². The van der Waals surface area contributed by atoms with Crippen LogP contribution in [0.4, 0.5) is 39.5 Å². The highest BCUT2D eigenvalue weighted by Crippen LogP contribution is 2.58. The average Bonchev–Trinajstić information content (AvgIpc) is 2.72. The molecule has 2 aromatic rings. The fraction of sp³-hybridized carbons (Fsp3) is 0.286. The Balaban J connectivity index is 2.31. The van der Waals surface area contributed by atoms with Crippen LogP contribution in [0.25, 0.3) is 0 Å². The van der Waals surface area contributed by atoms with Crippen molar-refractivity contribution in [3.05, 3.63) is 88.7 Å². The summed E-state index contributed by atoms with van der Waals surface area (Å²) in [5.41, 5.74) is -0.773. The van der Waals surface area contributed by atoms with Crippen LogP contribution in [0.5, 0.6) is 0 Å². The first-order chi connectivity index (χ1) is 15.8. The molecular weight excluding hydrogens is 647 g/mol. The van der Waals surface area contributed by atoms with Gasteiger partial charge >= 0.3 is 17.4 Å². The smallest absolute Gasteiger partial charge is 0.217 e. The lowest BCUT2D eigenvalue weighted by atomic mass is 9.78. The molecular formula is C21H12Br2F9O2S. The van der Waals surface area contributed by atoms with E-state index in [1.807, 2.05) is 0 Å². The van der Waals surface area contributed by atoms with Gasteiger partial charge in [0.1, 0.15) is 11.6 Å². The second-order valence-electron chi connectivity index (χ2n) is 7.61. The topological polar surface area (TPSA) is 34.1 Å². The van der Waals surface area contributed by atoms with Gasteiger partial charge in [-0.15, -0.1) is 0 Å². The maximum Gasteiger partial charge on any atom is 0.461 e. The Morgan fingerprint density at radius 1 is 0.771 bits per heavy atom. The van der Waals surface area contributed by atoms with Crippen LogP contribution in [0.2, 0.25) is 0 Å². The molecule has 0 amide bonds. The molecule has 0 spiro atoms. The Hall–Kier alpha value is -1.54. The molecule has 0 saturated heterocycles. The maximum absolute atomic E-state index is 14.6. The van der Waals surface area contributed by atoms with Crippen molar-refractivity contribution in [3.8, 4) is 0 Å². The summed E-state index contributed by atoms with van der Waals surface area (Å²) in [5, 5.41) is -6.65. The van der Waals surface area contributed by atoms with Gasteiger partial charge in [0.15, 0.2) is 0 Å². The van der Waals surface area contributed by atoms with Crippen molar-refractivity contribution in [2.45, 2.75) is 32.4 Å². The number of rotatable bonds is 5. The Morgan fingerprint density at radius 2 is 1.23 bits per heavy atom. The number of alkyl halides is 9. The summed E-state index contributed by atoms with van der Waals surface area (Å²) in [6.07, 6.45) is -6.64. The van der Waals surface area contributed by atoms with Gasteiger partial charge in [0.2, 0.25) is 9.84 Å². The lowest BCUT2D eigenvalue weighted by Crippen LogP contribution is -2.56. The highest BCUT2D eigenvalue weighted by Gasteiger charge is 2.79. The largest absolute Gasteiger partial charge is 0.461 e. The fourth-order valence-electron chi connectivity index (χ4n) is 3.53. The Morgan fingerprint density at radius 3 is 1.69 bits per heavy atom. The molecule has 1 radical (unpaired) electrons. The van der Waals surface area contributed by atoms with Gasteiger partial charge in [-0.3, -0.25) is 0 Å². The van der Waals surface area contributed by atoms with E-state index in [0.29, 0.717) is 6.08 Å². The predicted molar refractivity (Wildman–Crippen MR) is 116 cm³/mol. The number of hydrogen-bond donors (Lipinski definition) is 0. The van der Waals surface area contributed by atoms with E-state index in [1.165, 1.54) is 24.3 Å². The molecule has 1 aliphatic carbocycles. The van der Waals surface area contributed by atoms with Crippen molar-refractivity contribution in [1.82, 2.24) is 0 Å². The second kappa shape index (κ2) is 8.79. The van der Waals surface area contributed by atoms with E-state index in [-0.39, 0.29) is 5.56 Å². The number of benzene rings is 2. The van der Waals surface area contributed by atoms with Crippen LogP contribution in [0.15, 0.2) is 59.5 Å². The summed E-state index contributed by atoms with van der Waals surface area (Å²) in [6, 6.07) is 9.05. The van der Waals surface area contributed by atoms with E-state index in [1.54, 1.807) is 0 Å². The first-order valence-electron chi connectivity index (χ1n) is 9.34. The number of halogens is 11. The van der Waals surface area contributed by atoms with Crippen molar-refractivity contribution >= 4 is 41.7 Å². The van der Waals surface area contributed by atoms with E-state index in [0.717, 1.165) is 30.7 Å². The highest BCUT2D eigenvalue weighted by atomic mass is 79.9. The van der Waals surface area contributed by atoms with E-state index in [9.17, 15) is 47.9 Å². The summed E-state index contributed by atoms with van der Waals surface area (Å²) < 4.78 is 145. The molecule has 0 aromatic heterocycles. The highest BCUT2D eigenvalue weighted by molar-refractivity contribution is 9.10. The van der Waals surface area contributed by atoms with Gasteiger partial charge in [-0.05, 0) is 18.2 Å². The van der Waals surface area contributed by atoms with Crippen LogP contribution in [0.1, 0.15) is 17.5 Å². The molecule has 0 heterocycles. The van der Waals surface area contributed by atoms with Crippen molar-refractivity contribution < 1.29 is 47.9 Å². The minimum atomic E-state index is -6.97. The molecule has 0 aliphatic heterocycles. The summed E-state index contributed by atoms with van der Waals surface area (Å²) in [6.45, 7) is 0. The molecule has 2 unspecified atom stereocenters. The Labute approximate surface area is 210 Å². The zero-order valence-corrected chi connectivity index (χ0v) is 20.9. The Bertz CT molecular complexity index is 1280. The van der Waals surface area contributed by atoms with Gasteiger partial charge in [-0.1, -0.05) is 68.3 Å². The van der Waals surface area contributed by atoms with Crippen LogP contribution in [-0.2, 0) is 18.5 Å². The molecule has 0 bridgehead atoms. The molecule has 1 aliphatic rings. The molecule has 35 heavy (non-hydrogen) atoms. The van der Waals surface area contributed by atoms with Crippen LogP contribution >= 0.6 is 31.9 Å². The monoisotopic (exact) mass is 657 g/mol. The minimum Gasteiger partial charge on any atom is -0.217 e. The number of hydrogen-bond acceptors (Lipinski definition) is 2. The molecule has 14 heteroatoms. The zero-order valence-electron chi connectivity index (χ0n) is 16.9. The van der Waals surface area contributed by atoms with E-state index in [2.05, 4.69) is 31.9 Å². The average molecular weight is 659 g/mol. The minimum absolute atomic E-state index is 0.369. The van der Waals surface area contributed by atoms with E-state index in [4.69, 9.17) is 0 Å². The number of sulfone groups is 1. The van der Waals surface area contributed by atoms with Crippen molar-refractivity contribution in [3.63, 3.8) is 0 Å². The van der Waals surface area contributed by atoms with Crippen molar-refractivity contribution in [1.29, 1.82) is 0 Å². The molecule has 3 rings (SSSR count). The van der Waals surface area contributed by atoms with Gasteiger partial charge in [-0.2, -0.15) is 30.7 Å². The molecule has 0 saturated carbocycles. The third-order valence-electron chi connectivity index (χ3n) is 5.25. The first kappa shape index (κ1) is 28.0. The summed E-state index contributed by atoms with van der Waals surface area (Å²) in [5.74, 6) is -8.97. The summed E-state index contributed by atoms with van der Waals surface area (Å²) in [7, 11) is -6.75. The van der Waals surface area contributed by atoms with Crippen LogP contribution in [0.3, 0.4) is 0 Å². The Kier molecular flexibility index (Phi) is 7.04. The predicted octanol–water partition coefficient (Wildman–Crippen LogP) is 7.54. The molecule has 2 atom stereocenters. The summed E-state index contributed by atoms with van der Waals surface area (Å²) in [4.78, 5) is -1.60. The maximum atomic E-state index is 14.6. The lowest BCUT2D eigenvalue weighted by Gasteiger charge is -2.42. The molecule has 191 valence electrons. The summed E-state index contributed by atoms with van der Waals surface area (Å²) >= 11 is 6.03. The van der Waals surface area contributed by atoms with Gasteiger partial charge < -0.3 is 0 Å². The van der Waals surface area contributed by atoms with Crippen molar-refractivity contribution in [2.24, 2.45) is 0 Å². The molecule has 0 fully saturated rings. The van der Waals surface area contributed by atoms with Crippen LogP contribution in [0, 0.1) is 18.1 Å². The third-order valence-corrected chi connectivity index (χ3v) is 8.96. The van der Waals surface area contributed by atoms with Crippen molar-refractivity contribution in [2.75, 3.05) is 0 Å². The number of allylic oxidation sites excluding steroid dienone is 2. The standard InChI is InChI=1S/C21H12Br2F9O2S/c22-17(13-5-1-3-7-15(13)24)9-12(10-18(23,11-17)14-6-2-4-8-16(14)25)35(33,34)21(31,32)19(26,27)20(28,29)30/h1-9,11H,10H2. The SMILES string of the molecule is O=S(=O)(C1=CC(Br)(c2ccccc2F)[CH]C(Br)(c2ccccc2F)C1)C(F)(F)C(F)(F)C(F)(F)F. The molecule has 2 nitrogen and oxygen atoms in total. The van der Waals surface area contributed by atoms with E-state index >= 15 is 0 Å². The van der Waals surface area contributed by atoms with Crippen LogP contribution in [-0.4, -0.2) is 25.8 Å². The quantitative estimate of drug-likeness (QED) is 0.246.